The third-order valence-corrected chi connectivity index (χ3v) is 8.95. The first-order valence-electron chi connectivity index (χ1n) is 15.3. The number of hydrogen-bond acceptors (Lipinski definition) is 7. The van der Waals surface area contributed by atoms with Gasteiger partial charge in [0.05, 0.1) is 18.8 Å². The van der Waals surface area contributed by atoms with Crippen LogP contribution in [0.3, 0.4) is 0 Å². The Balaban J connectivity index is 1.58. The number of amides is 1. The van der Waals surface area contributed by atoms with Crippen LogP contribution in [0.4, 0.5) is 0 Å². The number of rotatable bonds is 13. The molecule has 0 spiro atoms. The van der Waals surface area contributed by atoms with Gasteiger partial charge in [-0.1, -0.05) is 76.7 Å². The molecule has 45 heavy (non-hydrogen) atoms. The summed E-state index contributed by atoms with van der Waals surface area (Å²) < 4.78 is 13.3. The monoisotopic (exact) mass is 675 g/mol. The average molecular weight is 677 g/mol. The van der Waals surface area contributed by atoms with Gasteiger partial charge >= 0.3 is 0 Å². The highest BCUT2D eigenvalue weighted by Gasteiger charge is 2.54. The molecule has 11 heteroatoms. The normalized spacial score (nSPS) is 20.4. The molecule has 1 saturated carbocycles. The highest BCUT2D eigenvalue weighted by Crippen LogP contribution is 2.44. The van der Waals surface area contributed by atoms with Gasteiger partial charge in [-0.15, -0.1) is 0 Å². The fourth-order valence-electron chi connectivity index (χ4n) is 6.00. The fraction of sp³-hybridized carbons (Fsp3) is 0.412. The molecular formula is C34H38BrN5O5. The summed E-state index contributed by atoms with van der Waals surface area (Å²) in [6.45, 7) is 0.633. The van der Waals surface area contributed by atoms with E-state index in [-0.39, 0.29) is 32.0 Å². The van der Waals surface area contributed by atoms with E-state index in [0.29, 0.717) is 48.6 Å². The maximum Gasteiger partial charge on any atom is 0.252 e. The second-order valence-corrected chi connectivity index (χ2v) is 12.6. The highest BCUT2D eigenvalue weighted by molar-refractivity contribution is 9.10. The summed E-state index contributed by atoms with van der Waals surface area (Å²) in [5.74, 6) is 0.581. The molecule has 1 aliphatic carbocycles. The molecule has 0 saturated heterocycles. The van der Waals surface area contributed by atoms with Crippen molar-refractivity contribution in [2.24, 2.45) is 10.1 Å². The molecular weight excluding hydrogens is 638 g/mol. The minimum absolute atomic E-state index is 0.0468. The first kappa shape index (κ1) is 32.5. The summed E-state index contributed by atoms with van der Waals surface area (Å²) in [4.78, 5) is 22.6. The van der Waals surface area contributed by atoms with Crippen molar-refractivity contribution in [1.82, 2.24) is 5.32 Å². The Bertz CT molecular complexity index is 1540. The number of carbonyl (C=O) groups excluding carboxylic acids is 1. The number of nitrogens with one attached hydrogen (secondary N) is 1. The van der Waals surface area contributed by atoms with Crippen LogP contribution in [0.2, 0.25) is 0 Å². The van der Waals surface area contributed by atoms with Crippen molar-refractivity contribution in [3.8, 4) is 5.75 Å². The van der Waals surface area contributed by atoms with E-state index in [4.69, 9.17) is 25.1 Å². The second-order valence-electron chi connectivity index (χ2n) is 11.6. The number of hydrogen-bond donors (Lipinski definition) is 3. The van der Waals surface area contributed by atoms with Crippen molar-refractivity contribution >= 4 is 27.7 Å². The van der Waals surface area contributed by atoms with Crippen LogP contribution in [0.1, 0.15) is 66.9 Å². The topological polar surface area (TPSA) is 149 Å². The summed E-state index contributed by atoms with van der Waals surface area (Å²) in [6.07, 6.45) is 4.04. The standard InChI is InChI=1S/C34H38BrN5O5/c35-27-13-9-24(10-14-27)21-34(32(42)37-23-33(43)17-4-1-5-18-33)30(29-8-3-2-7-26(29)22-38-40-36)45-31(39-34)25-11-15-28(16-12-25)44-20-6-19-41/h2-3,7-16,30,41,43H,1,4-6,17-23H2,(H,37,42)/t30-,34-/m1/s1. The predicted octanol–water partition coefficient (Wildman–Crippen LogP) is 6.33. The van der Waals surface area contributed by atoms with Gasteiger partial charge in [-0.2, -0.15) is 0 Å². The smallest absolute Gasteiger partial charge is 0.252 e. The maximum absolute atomic E-state index is 14.6. The van der Waals surface area contributed by atoms with E-state index in [0.717, 1.165) is 34.9 Å². The molecule has 2 aliphatic rings. The summed E-state index contributed by atoms with van der Waals surface area (Å²) >= 11 is 3.50. The number of aliphatic hydroxyl groups is 2. The predicted molar refractivity (Wildman–Crippen MR) is 175 cm³/mol. The van der Waals surface area contributed by atoms with Gasteiger partial charge in [-0.25, -0.2) is 4.99 Å². The Labute approximate surface area is 271 Å². The largest absolute Gasteiger partial charge is 0.494 e. The van der Waals surface area contributed by atoms with Crippen molar-refractivity contribution in [3.05, 3.63) is 110 Å². The molecule has 0 bridgehead atoms. The third-order valence-electron chi connectivity index (χ3n) is 8.42. The molecule has 1 fully saturated rings. The Morgan fingerprint density at radius 3 is 2.53 bits per heavy atom. The quantitative estimate of drug-likeness (QED) is 0.0837. The molecule has 5 rings (SSSR count). The number of carbonyl (C=O) groups is 1. The third kappa shape index (κ3) is 7.86. The van der Waals surface area contributed by atoms with Gasteiger partial charge in [0.1, 0.15) is 5.75 Å². The van der Waals surface area contributed by atoms with Crippen LogP contribution in [-0.4, -0.2) is 52.9 Å². The molecule has 0 aromatic heterocycles. The van der Waals surface area contributed by atoms with Crippen molar-refractivity contribution < 1.29 is 24.5 Å². The molecule has 3 aromatic rings. The molecule has 1 amide bonds. The summed E-state index contributed by atoms with van der Waals surface area (Å²) in [7, 11) is 0. The number of benzene rings is 3. The second kappa shape index (κ2) is 14.9. The SMILES string of the molecule is [N-]=[N+]=NCc1ccccc1[C@H]1OC(c2ccc(OCCCO)cc2)=N[C@@]1(Cc1ccc(Br)cc1)C(=O)NCC1(O)CCCCC1. The molecule has 3 aromatic carbocycles. The first-order chi connectivity index (χ1) is 21.9. The zero-order valence-electron chi connectivity index (χ0n) is 25.1. The Kier molecular flexibility index (Phi) is 10.8. The van der Waals surface area contributed by atoms with Gasteiger partial charge in [0.2, 0.25) is 5.90 Å². The first-order valence-corrected chi connectivity index (χ1v) is 16.1. The van der Waals surface area contributed by atoms with Crippen molar-refractivity contribution in [1.29, 1.82) is 0 Å². The lowest BCUT2D eigenvalue weighted by molar-refractivity contribution is -0.130. The number of azide groups is 1. The van der Waals surface area contributed by atoms with Crippen LogP contribution < -0.4 is 10.1 Å². The van der Waals surface area contributed by atoms with E-state index in [1.54, 1.807) is 12.1 Å². The number of ether oxygens (including phenoxy) is 2. The van der Waals surface area contributed by atoms with Crippen molar-refractivity contribution in [2.75, 3.05) is 19.8 Å². The molecule has 10 nitrogen and oxygen atoms in total. The lowest BCUT2D eigenvalue weighted by Crippen LogP contribution is -2.54. The summed E-state index contributed by atoms with van der Waals surface area (Å²) in [6, 6.07) is 22.5. The van der Waals surface area contributed by atoms with Crippen LogP contribution in [0.15, 0.2) is 87.4 Å². The Morgan fingerprint density at radius 2 is 1.82 bits per heavy atom. The van der Waals surface area contributed by atoms with Gasteiger partial charge in [0.25, 0.3) is 5.91 Å². The number of halogens is 1. The number of aliphatic hydroxyl groups excluding tert-OH is 1. The van der Waals surface area contributed by atoms with Crippen molar-refractivity contribution in [2.45, 2.75) is 68.7 Å². The number of aliphatic imine (C=N–C) groups is 1. The molecule has 1 heterocycles. The van der Waals surface area contributed by atoms with E-state index >= 15 is 0 Å². The van der Waals surface area contributed by atoms with Crippen LogP contribution in [0.5, 0.6) is 5.75 Å². The van der Waals surface area contributed by atoms with Crippen molar-refractivity contribution in [3.63, 3.8) is 0 Å². The zero-order valence-corrected chi connectivity index (χ0v) is 26.7. The van der Waals surface area contributed by atoms with Crippen LogP contribution in [0.25, 0.3) is 10.4 Å². The number of nitrogens with zero attached hydrogens (tertiary/aromatic N) is 4. The molecule has 236 valence electrons. The minimum Gasteiger partial charge on any atom is -0.494 e. The van der Waals surface area contributed by atoms with Crippen LogP contribution >= 0.6 is 15.9 Å². The molecule has 0 radical (unpaired) electrons. The summed E-state index contributed by atoms with van der Waals surface area (Å²) in [5.41, 5.74) is 9.62. The van der Waals surface area contributed by atoms with E-state index in [1.165, 1.54) is 0 Å². The van der Waals surface area contributed by atoms with Gasteiger partial charge in [0, 0.05) is 40.9 Å². The van der Waals surface area contributed by atoms with Gasteiger partial charge < -0.3 is 25.0 Å². The Morgan fingerprint density at radius 1 is 1.09 bits per heavy atom. The highest BCUT2D eigenvalue weighted by atomic mass is 79.9. The van der Waals surface area contributed by atoms with E-state index in [1.807, 2.05) is 60.7 Å². The molecule has 3 N–H and O–H groups in total. The van der Waals surface area contributed by atoms with Gasteiger partial charge in [-0.3, -0.25) is 4.79 Å². The van der Waals surface area contributed by atoms with Gasteiger partial charge in [0.15, 0.2) is 11.6 Å². The van der Waals surface area contributed by atoms with E-state index in [9.17, 15) is 9.90 Å². The molecule has 0 unspecified atom stereocenters. The van der Waals surface area contributed by atoms with E-state index in [2.05, 4.69) is 31.3 Å². The lowest BCUT2D eigenvalue weighted by Gasteiger charge is -2.35. The lowest BCUT2D eigenvalue weighted by atomic mass is 9.80. The minimum atomic E-state index is -1.45. The maximum atomic E-state index is 14.6. The molecule has 2 atom stereocenters. The zero-order chi connectivity index (χ0) is 31.7. The average Bonchev–Trinajstić information content (AvgIpc) is 3.45. The molecule has 1 aliphatic heterocycles. The van der Waals surface area contributed by atoms with Crippen LogP contribution in [-0.2, 0) is 22.5 Å². The summed E-state index contributed by atoms with van der Waals surface area (Å²) in [5, 5.41) is 27.2. The fourth-order valence-corrected chi connectivity index (χ4v) is 6.26. The van der Waals surface area contributed by atoms with E-state index < -0.39 is 17.2 Å². The van der Waals surface area contributed by atoms with Gasteiger partial charge in [-0.05, 0) is 71.5 Å². The van der Waals surface area contributed by atoms with Crippen LogP contribution in [0, 0.1) is 0 Å². The Hall–Kier alpha value is -3.89.